The lowest BCUT2D eigenvalue weighted by Crippen LogP contribution is -2.68. The van der Waals surface area contributed by atoms with Crippen LogP contribution in [0.2, 0.25) is 5.04 Å². The molecule has 1 saturated carbocycles. The van der Waals surface area contributed by atoms with Crippen molar-refractivity contribution < 1.29 is 28.6 Å². The molecule has 6 nitrogen and oxygen atoms in total. The number of aliphatic hydroxyl groups excluding tert-OH is 1. The molecule has 0 unspecified atom stereocenters. The fraction of sp³-hybridized carbons (Fsp3) is 0.500. The van der Waals surface area contributed by atoms with E-state index in [2.05, 4.69) is 45.0 Å². The highest BCUT2D eigenvalue weighted by Gasteiger charge is 2.55. The third-order valence-electron chi connectivity index (χ3n) is 7.39. The second-order valence-electron chi connectivity index (χ2n) is 10.4. The maximum Gasteiger partial charge on any atom is 0.312 e. The maximum absolute atomic E-state index is 13.0. The molecule has 7 heteroatoms. The normalized spacial score (nSPS) is 23.9. The average Bonchev–Trinajstić information content (AvgIpc) is 2.86. The second-order valence-corrected chi connectivity index (χ2v) is 14.6. The molecule has 3 rings (SSSR count). The summed E-state index contributed by atoms with van der Waals surface area (Å²) in [5.41, 5.74) is 0. The molecular formula is C28H38O6Si. The van der Waals surface area contributed by atoms with E-state index in [4.69, 9.17) is 13.9 Å². The van der Waals surface area contributed by atoms with E-state index in [-0.39, 0.29) is 17.1 Å². The molecule has 0 heterocycles. The molecule has 1 N–H and O–H groups in total. The van der Waals surface area contributed by atoms with E-state index in [0.717, 1.165) is 10.4 Å². The lowest BCUT2D eigenvalue weighted by molar-refractivity contribution is -0.172. The van der Waals surface area contributed by atoms with Gasteiger partial charge in [0.15, 0.2) is 0 Å². The van der Waals surface area contributed by atoms with Gasteiger partial charge in [0, 0.05) is 6.10 Å². The van der Waals surface area contributed by atoms with Crippen molar-refractivity contribution in [2.24, 2.45) is 17.8 Å². The monoisotopic (exact) mass is 498 g/mol. The minimum atomic E-state index is -2.88. The molecule has 35 heavy (non-hydrogen) atoms. The number of carbonyl (C=O) groups excluding carboxylic acids is 2. The molecular weight excluding hydrogens is 460 g/mol. The lowest BCUT2D eigenvalue weighted by Gasteiger charge is -2.48. The summed E-state index contributed by atoms with van der Waals surface area (Å²) in [5, 5.41) is 12.7. The summed E-state index contributed by atoms with van der Waals surface area (Å²) in [6.45, 7) is 8.58. The van der Waals surface area contributed by atoms with Crippen molar-refractivity contribution in [3.8, 4) is 0 Å². The van der Waals surface area contributed by atoms with E-state index in [0.29, 0.717) is 12.8 Å². The molecule has 0 spiro atoms. The van der Waals surface area contributed by atoms with Gasteiger partial charge in [0.05, 0.1) is 32.2 Å². The van der Waals surface area contributed by atoms with Crippen molar-refractivity contribution >= 4 is 30.6 Å². The highest BCUT2D eigenvalue weighted by Crippen LogP contribution is 2.43. The molecule has 0 bridgehead atoms. The topological polar surface area (TPSA) is 82.1 Å². The Balaban J connectivity index is 2.12. The molecule has 0 amide bonds. The Kier molecular flexibility index (Phi) is 8.57. The quantitative estimate of drug-likeness (QED) is 0.466. The van der Waals surface area contributed by atoms with Gasteiger partial charge in [0.2, 0.25) is 0 Å². The van der Waals surface area contributed by atoms with Crippen LogP contribution in [0.4, 0.5) is 0 Å². The van der Waals surface area contributed by atoms with Crippen LogP contribution >= 0.6 is 0 Å². The summed E-state index contributed by atoms with van der Waals surface area (Å²) in [5.74, 6) is -3.30. The van der Waals surface area contributed by atoms with Crippen LogP contribution in [0.25, 0.3) is 0 Å². The predicted octanol–water partition coefficient (Wildman–Crippen LogP) is 3.30. The Morgan fingerprint density at radius 1 is 0.857 bits per heavy atom. The van der Waals surface area contributed by atoms with Gasteiger partial charge in [-0.1, -0.05) is 81.4 Å². The van der Waals surface area contributed by atoms with Crippen molar-refractivity contribution in [2.75, 3.05) is 14.2 Å². The summed E-state index contributed by atoms with van der Waals surface area (Å²) in [7, 11) is -0.295. The third-order valence-corrected chi connectivity index (χ3v) is 12.5. The van der Waals surface area contributed by atoms with E-state index < -0.39 is 38.2 Å². The Labute approximate surface area is 209 Å². The Bertz CT molecular complexity index is 948. The van der Waals surface area contributed by atoms with Gasteiger partial charge < -0.3 is 19.0 Å². The zero-order valence-electron chi connectivity index (χ0n) is 21.6. The molecule has 0 saturated heterocycles. The van der Waals surface area contributed by atoms with Crippen molar-refractivity contribution in [2.45, 2.75) is 57.8 Å². The molecule has 5 atom stereocenters. The molecule has 1 fully saturated rings. The number of hydrogen-bond acceptors (Lipinski definition) is 6. The van der Waals surface area contributed by atoms with Gasteiger partial charge in [-0.15, -0.1) is 0 Å². The minimum Gasteiger partial charge on any atom is -0.469 e. The Morgan fingerprint density at radius 3 is 1.74 bits per heavy atom. The fourth-order valence-corrected chi connectivity index (χ4v) is 10.5. The van der Waals surface area contributed by atoms with Crippen LogP contribution < -0.4 is 10.4 Å². The van der Waals surface area contributed by atoms with E-state index in [1.807, 2.05) is 43.3 Å². The van der Waals surface area contributed by atoms with E-state index in [1.165, 1.54) is 14.2 Å². The van der Waals surface area contributed by atoms with Gasteiger partial charge in [-0.2, -0.15) is 0 Å². The first-order chi connectivity index (χ1) is 16.6. The zero-order valence-corrected chi connectivity index (χ0v) is 22.6. The molecule has 2 aromatic carbocycles. The number of aliphatic hydroxyl groups is 1. The number of hydrogen-bond donors (Lipinski definition) is 1. The van der Waals surface area contributed by atoms with Crippen LogP contribution in [0.1, 0.15) is 40.5 Å². The molecule has 0 aliphatic heterocycles. The summed E-state index contributed by atoms with van der Waals surface area (Å²) in [6, 6.07) is 20.6. The van der Waals surface area contributed by atoms with Gasteiger partial charge >= 0.3 is 11.9 Å². The summed E-state index contributed by atoms with van der Waals surface area (Å²) < 4.78 is 17.3. The predicted molar refractivity (Wildman–Crippen MR) is 138 cm³/mol. The number of benzene rings is 2. The molecule has 1 aliphatic carbocycles. The Hall–Kier alpha value is -2.48. The van der Waals surface area contributed by atoms with Gasteiger partial charge in [-0.3, -0.25) is 9.59 Å². The molecule has 0 aromatic heterocycles. The van der Waals surface area contributed by atoms with Crippen LogP contribution in [0, 0.1) is 17.8 Å². The van der Waals surface area contributed by atoms with E-state index >= 15 is 0 Å². The number of esters is 2. The largest absolute Gasteiger partial charge is 0.469 e. The Morgan fingerprint density at radius 2 is 1.31 bits per heavy atom. The average molecular weight is 499 g/mol. The van der Waals surface area contributed by atoms with Crippen LogP contribution in [-0.4, -0.2) is 51.8 Å². The third kappa shape index (κ3) is 5.22. The molecule has 190 valence electrons. The smallest absolute Gasteiger partial charge is 0.312 e. The maximum atomic E-state index is 13.0. The minimum absolute atomic E-state index is 0.235. The van der Waals surface area contributed by atoms with Crippen molar-refractivity contribution in [3.05, 3.63) is 60.7 Å². The van der Waals surface area contributed by atoms with Gasteiger partial charge in [0.25, 0.3) is 8.32 Å². The molecule has 1 aliphatic rings. The molecule has 0 radical (unpaired) electrons. The summed E-state index contributed by atoms with van der Waals surface area (Å²) >= 11 is 0. The van der Waals surface area contributed by atoms with Crippen molar-refractivity contribution in [3.63, 3.8) is 0 Å². The number of ether oxygens (including phenoxy) is 2. The number of methoxy groups -OCH3 is 2. The van der Waals surface area contributed by atoms with Crippen molar-refractivity contribution in [1.29, 1.82) is 0 Å². The standard InChI is InChI=1S/C28H38O6Si/c1-19(22-17-18-23(29)25(27(31)33-6)24(22)26(30)32-5)34-35(28(2,3)4,20-13-9-7-10-14-20)21-15-11-8-12-16-21/h7-16,19,22-25,29H,17-18H2,1-6H3/t19-,22-,23-,24-,25-/m1/s1. The van der Waals surface area contributed by atoms with Crippen molar-refractivity contribution in [1.82, 2.24) is 0 Å². The summed E-state index contributed by atoms with van der Waals surface area (Å²) in [6.07, 6.45) is -0.437. The fourth-order valence-electron chi connectivity index (χ4n) is 5.71. The van der Waals surface area contributed by atoms with Crippen LogP contribution in [0.15, 0.2) is 60.7 Å². The first-order valence-electron chi connectivity index (χ1n) is 12.2. The number of carbonyl (C=O) groups is 2. The lowest BCUT2D eigenvalue weighted by atomic mass is 9.68. The highest BCUT2D eigenvalue weighted by atomic mass is 28.4. The van der Waals surface area contributed by atoms with E-state index in [1.54, 1.807) is 0 Å². The number of rotatable bonds is 7. The van der Waals surface area contributed by atoms with E-state index in [9.17, 15) is 14.7 Å². The second kappa shape index (κ2) is 11.1. The van der Waals surface area contributed by atoms with Crippen LogP contribution in [0.5, 0.6) is 0 Å². The highest BCUT2D eigenvalue weighted by molar-refractivity contribution is 6.99. The first kappa shape index (κ1) is 27.1. The van der Waals surface area contributed by atoms with Gasteiger partial charge in [0.1, 0.15) is 0 Å². The summed E-state index contributed by atoms with van der Waals surface area (Å²) in [4.78, 5) is 25.6. The first-order valence-corrected chi connectivity index (χ1v) is 14.1. The van der Waals surface area contributed by atoms with Crippen LogP contribution in [0.3, 0.4) is 0 Å². The molecule has 2 aromatic rings. The zero-order chi connectivity index (χ0) is 25.8. The van der Waals surface area contributed by atoms with Gasteiger partial charge in [-0.25, -0.2) is 0 Å². The SMILES string of the molecule is COC(=O)[C@@H]1[C@@H]([C@@H](C)O[Si](c2ccccc2)(c2ccccc2)C(C)(C)C)CC[C@@H](O)[C@H]1C(=O)OC. The van der Waals surface area contributed by atoms with Crippen LogP contribution in [-0.2, 0) is 23.5 Å². The van der Waals surface area contributed by atoms with Gasteiger partial charge in [-0.05, 0) is 41.1 Å².